The Bertz CT molecular complexity index is 1390. The van der Waals surface area contributed by atoms with E-state index in [9.17, 15) is 4.79 Å². The number of hydrogen-bond donors (Lipinski definition) is 1. The first-order chi connectivity index (χ1) is 17.7. The van der Waals surface area contributed by atoms with Crippen molar-refractivity contribution in [2.24, 2.45) is 0 Å². The van der Waals surface area contributed by atoms with Gasteiger partial charge in [0.1, 0.15) is 10.8 Å². The summed E-state index contributed by atoms with van der Waals surface area (Å²) in [5, 5.41) is 12.6. The Labute approximate surface area is 214 Å². The summed E-state index contributed by atoms with van der Waals surface area (Å²) in [6, 6.07) is 37.4. The third kappa shape index (κ3) is 6.09. The summed E-state index contributed by atoms with van der Waals surface area (Å²) in [5.74, 6) is 1.32. The average molecular weight is 492 g/mol. The number of carbonyl (C=O) groups excluding carboxylic acids is 1. The van der Waals surface area contributed by atoms with Crippen molar-refractivity contribution in [2.75, 3.05) is 0 Å². The molecule has 1 amide bonds. The number of nitrogens with one attached hydrogen (secondary N) is 1. The van der Waals surface area contributed by atoms with E-state index in [-0.39, 0.29) is 11.9 Å². The Morgan fingerprint density at radius 3 is 2.17 bits per heavy atom. The maximum absolute atomic E-state index is 13.0. The van der Waals surface area contributed by atoms with Gasteiger partial charge in [0.25, 0.3) is 5.91 Å². The van der Waals surface area contributed by atoms with Crippen LogP contribution in [-0.4, -0.2) is 16.1 Å². The first-order valence-electron chi connectivity index (χ1n) is 11.7. The van der Waals surface area contributed by atoms with Crippen molar-refractivity contribution < 1.29 is 9.21 Å². The van der Waals surface area contributed by atoms with Crippen LogP contribution in [0.3, 0.4) is 0 Å². The fourth-order valence-electron chi connectivity index (χ4n) is 3.90. The number of thioether (sulfide) groups is 1. The minimum atomic E-state index is -0.233. The molecule has 0 aliphatic carbocycles. The van der Waals surface area contributed by atoms with Crippen molar-refractivity contribution in [2.45, 2.75) is 23.2 Å². The van der Waals surface area contributed by atoms with E-state index >= 15 is 0 Å². The molecule has 5 nitrogen and oxygen atoms in total. The number of benzene rings is 3. The Morgan fingerprint density at radius 1 is 0.778 bits per heavy atom. The summed E-state index contributed by atoms with van der Waals surface area (Å²) in [6.07, 6.45) is 0.692. The van der Waals surface area contributed by atoms with Crippen LogP contribution < -0.4 is 5.32 Å². The number of carbonyl (C=O) groups is 1. The molecule has 36 heavy (non-hydrogen) atoms. The molecule has 5 aromatic rings. The van der Waals surface area contributed by atoms with E-state index in [0.717, 1.165) is 27.4 Å². The Kier molecular flexibility index (Phi) is 7.54. The molecule has 6 heteroatoms. The van der Waals surface area contributed by atoms with Crippen LogP contribution in [0.1, 0.15) is 33.5 Å². The lowest BCUT2D eigenvalue weighted by Crippen LogP contribution is -2.29. The fourth-order valence-corrected chi connectivity index (χ4v) is 4.61. The monoisotopic (exact) mass is 491 g/mol. The van der Waals surface area contributed by atoms with E-state index in [2.05, 4.69) is 27.6 Å². The molecule has 0 saturated carbocycles. The van der Waals surface area contributed by atoms with Gasteiger partial charge < -0.3 is 9.73 Å². The first kappa shape index (κ1) is 23.6. The number of hydrogen-bond acceptors (Lipinski definition) is 5. The molecule has 0 spiro atoms. The van der Waals surface area contributed by atoms with Crippen LogP contribution in [0.25, 0.3) is 11.3 Å². The van der Waals surface area contributed by atoms with Crippen LogP contribution in [0.4, 0.5) is 0 Å². The summed E-state index contributed by atoms with van der Waals surface area (Å²) in [5.41, 5.74) is 4.07. The zero-order valence-electron chi connectivity index (χ0n) is 19.6. The van der Waals surface area contributed by atoms with Crippen LogP contribution in [0.15, 0.2) is 125 Å². The van der Waals surface area contributed by atoms with Gasteiger partial charge in [0.05, 0.1) is 17.5 Å². The molecule has 0 aliphatic heterocycles. The van der Waals surface area contributed by atoms with E-state index in [4.69, 9.17) is 4.42 Å². The van der Waals surface area contributed by atoms with Gasteiger partial charge in [-0.05, 0) is 41.8 Å². The van der Waals surface area contributed by atoms with Gasteiger partial charge in [0.2, 0.25) is 0 Å². The number of furan rings is 1. The van der Waals surface area contributed by atoms with Crippen molar-refractivity contribution in [3.63, 3.8) is 0 Å². The van der Waals surface area contributed by atoms with Gasteiger partial charge in [-0.3, -0.25) is 4.79 Å². The third-order valence-corrected chi connectivity index (χ3v) is 6.69. The second kappa shape index (κ2) is 11.5. The zero-order chi connectivity index (χ0) is 24.6. The van der Waals surface area contributed by atoms with Crippen molar-refractivity contribution in [1.82, 2.24) is 15.5 Å². The summed E-state index contributed by atoms with van der Waals surface area (Å²) in [4.78, 5) is 13.0. The standard InChI is InChI=1S/C30H25N3O2S/c34-30(31-27(24-14-8-3-9-15-24)20-22-10-4-1-5-11-22)28-18-16-25(35-28)21-36-29-19-17-26(32-33-29)23-12-6-2-7-13-23/h1-19,27H,20-21H2,(H,31,34)/t27-/m1/s1. The SMILES string of the molecule is O=C(N[C@H](Cc1ccccc1)c1ccccc1)c1ccc(CSc2ccc(-c3ccccc3)nn2)o1. The van der Waals surface area contributed by atoms with Gasteiger partial charge >= 0.3 is 0 Å². The Balaban J connectivity index is 1.21. The van der Waals surface area contributed by atoms with E-state index in [1.165, 1.54) is 11.8 Å². The van der Waals surface area contributed by atoms with E-state index < -0.39 is 0 Å². The molecule has 1 atom stereocenters. The maximum atomic E-state index is 13.0. The molecular weight excluding hydrogens is 466 g/mol. The summed E-state index contributed by atoms with van der Waals surface area (Å²) in [6.45, 7) is 0. The summed E-state index contributed by atoms with van der Waals surface area (Å²) in [7, 11) is 0. The second-order valence-electron chi connectivity index (χ2n) is 8.30. The first-order valence-corrected chi connectivity index (χ1v) is 12.7. The normalized spacial score (nSPS) is 11.7. The van der Waals surface area contributed by atoms with Crippen molar-refractivity contribution in [3.8, 4) is 11.3 Å². The largest absolute Gasteiger partial charge is 0.455 e. The van der Waals surface area contributed by atoms with Crippen LogP contribution in [0, 0.1) is 0 Å². The Hall–Kier alpha value is -4.16. The van der Waals surface area contributed by atoms with Crippen LogP contribution >= 0.6 is 11.8 Å². The lowest BCUT2D eigenvalue weighted by atomic mass is 9.99. The molecule has 0 bridgehead atoms. The molecule has 2 heterocycles. The van der Waals surface area contributed by atoms with Crippen LogP contribution in [0.5, 0.6) is 0 Å². The molecule has 0 unspecified atom stereocenters. The molecule has 1 N–H and O–H groups in total. The smallest absolute Gasteiger partial charge is 0.287 e. The highest BCUT2D eigenvalue weighted by Gasteiger charge is 2.19. The maximum Gasteiger partial charge on any atom is 0.287 e. The summed E-state index contributed by atoms with van der Waals surface area (Å²) >= 11 is 1.52. The third-order valence-electron chi connectivity index (χ3n) is 5.75. The van der Waals surface area contributed by atoms with E-state index in [1.54, 1.807) is 6.07 Å². The molecular formula is C30H25N3O2S. The van der Waals surface area contributed by atoms with E-state index in [1.807, 2.05) is 97.1 Å². The Morgan fingerprint density at radius 2 is 1.47 bits per heavy atom. The van der Waals surface area contributed by atoms with Crippen LogP contribution in [-0.2, 0) is 12.2 Å². The number of aromatic nitrogens is 2. The molecule has 0 radical (unpaired) electrons. The molecule has 5 rings (SSSR count). The molecule has 0 fully saturated rings. The predicted molar refractivity (Wildman–Crippen MR) is 143 cm³/mol. The highest BCUT2D eigenvalue weighted by atomic mass is 32.2. The zero-order valence-corrected chi connectivity index (χ0v) is 20.4. The molecule has 178 valence electrons. The lowest BCUT2D eigenvalue weighted by Gasteiger charge is -2.19. The topological polar surface area (TPSA) is 68.0 Å². The van der Waals surface area contributed by atoms with Gasteiger partial charge in [-0.2, -0.15) is 0 Å². The van der Waals surface area contributed by atoms with Crippen molar-refractivity contribution in [3.05, 3.63) is 138 Å². The minimum absolute atomic E-state index is 0.164. The average Bonchev–Trinajstić information content (AvgIpc) is 3.43. The fraction of sp³-hybridized carbons (Fsp3) is 0.100. The lowest BCUT2D eigenvalue weighted by molar-refractivity contribution is 0.0907. The highest BCUT2D eigenvalue weighted by molar-refractivity contribution is 7.98. The van der Waals surface area contributed by atoms with Gasteiger partial charge in [-0.15, -0.1) is 10.2 Å². The van der Waals surface area contributed by atoms with Crippen molar-refractivity contribution in [1.29, 1.82) is 0 Å². The van der Waals surface area contributed by atoms with Crippen LogP contribution in [0.2, 0.25) is 0 Å². The number of rotatable bonds is 9. The highest BCUT2D eigenvalue weighted by Crippen LogP contribution is 2.24. The minimum Gasteiger partial charge on any atom is -0.455 e. The molecule has 2 aromatic heterocycles. The molecule has 0 saturated heterocycles. The predicted octanol–water partition coefficient (Wildman–Crippen LogP) is 6.74. The van der Waals surface area contributed by atoms with Gasteiger partial charge in [-0.25, -0.2) is 0 Å². The van der Waals surface area contributed by atoms with Gasteiger partial charge in [-0.1, -0.05) is 103 Å². The number of amides is 1. The number of nitrogens with zero attached hydrogens (tertiary/aromatic N) is 2. The molecule has 0 aliphatic rings. The van der Waals surface area contributed by atoms with Gasteiger partial charge in [0.15, 0.2) is 5.76 Å². The van der Waals surface area contributed by atoms with Gasteiger partial charge in [0, 0.05) is 5.56 Å². The quantitative estimate of drug-likeness (QED) is 0.231. The van der Waals surface area contributed by atoms with E-state index in [0.29, 0.717) is 23.7 Å². The summed E-state index contributed by atoms with van der Waals surface area (Å²) < 4.78 is 5.87. The molecule has 3 aromatic carbocycles. The van der Waals surface area contributed by atoms with Crippen molar-refractivity contribution >= 4 is 17.7 Å². The second-order valence-corrected chi connectivity index (χ2v) is 9.30.